The third-order valence-corrected chi connectivity index (χ3v) is 6.03. The average Bonchev–Trinajstić information content (AvgIpc) is 2.74. The van der Waals surface area contributed by atoms with Crippen molar-refractivity contribution in [2.75, 3.05) is 12.3 Å². The van der Waals surface area contributed by atoms with Crippen molar-refractivity contribution in [3.8, 4) is 0 Å². The first-order valence-corrected chi connectivity index (χ1v) is 10.4. The molecule has 0 unspecified atom stereocenters. The molecule has 1 rings (SSSR count). The number of hydrogen-bond acceptors (Lipinski definition) is 3. The van der Waals surface area contributed by atoms with Gasteiger partial charge in [-0.25, -0.2) is 13.1 Å². The number of rotatable bonds is 11. The number of nitrogens with one attached hydrogen (secondary N) is 1. The molecule has 1 aromatic heterocycles. The van der Waals surface area contributed by atoms with E-state index in [-0.39, 0.29) is 5.75 Å². The Morgan fingerprint density at radius 1 is 1.10 bits per heavy atom. The Balaban J connectivity index is 2.20. The van der Waals surface area contributed by atoms with Crippen LogP contribution in [0.25, 0.3) is 0 Å². The molecule has 3 nitrogen and oxygen atoms in total. The van der Waals surface area contributed by atoms with E-state index in [0.29, 0.717) is 13.0 Å². The minimum Gasteiger partial charge on any atom is -0.215 e. The largest absolute Gasteiger partial charge is 0.215 e. The first-order chi connectivity index (χ1) is 9.94. The van der Waals surface area contributed by atoms with E-state index in [1.807, 2.05) is 0 Å². The van der Waals surface area contributed by atoms with Crippen LogP contribution in [-0.2, 0) is 16.4 Å². The number of sulfonamides is 1. The van der Waals surface area contributed by atoms with Gasteiger partial charge in [0.25, 0.3) is 0 Å². The highest BCUT2D eigenvalue weighted by Gasteiger charge is 2.11. The maximum atomic E-state index is 11.9. The zero-order valence-corrected chi connectivity index (χ0v) is 15.2. The highest BCUT2D eigenvalue weighted by atomic mass is 32.2. The highest BCUT2D eigenvalue weighted by Crippen LogP contribution is 2.21. The van der Waals surface area contributed by atoms with Gasteiger partial charge in [-0.3, -0.25) is 0 Å². The van der Waals surface area contributed by atoms with E-state index >= 15 is 0 Å². The molecule has 0 saturated heterocycles. The van der Waals surface area contributed by atoms with Crippen molar-refractivity contribution in [1.82, 2.24) is 4.72 Å². The first kappa shape index (κ1) is 18.7. The van der Waals surface area contributed by atoms with E-state index < -0.39 is 10.0 Å². The lowest BCUT2D eigenvalue weighted by atomic mass is 10.1. The fourth-order valence-corrected chi connectivity index (χ4v) is 4.45. The topological polar surface area (TPSA) is 46.2 Å². The summed E-state index contributed by atoms with van der Waals surface area (Å²) >= 11 is 1.74. The van der Waals surface area contributed by atoms with E-state index in [2.05, 4.69) is 31.6 Å². The van der Waals surface area contributed by atoms with Crippen LogP contribution in [-0.4, -0.2) is 20.7 Å². The first-order valence-electron chi connectivity index (χ1n) is 7.98. The van der Waals surface area contributed by atoms with E-state index in [4.69, 9.17) is 0 Å². The smallest absolute Gasteiger partial charge is 0.211 e. The molecule has 1 N–H and O–H groups in total. The van der Waals surface area contributed by atoms with Crippen molar-refractivity contribution < 1.29 is 8.42 Å². The van der Waals surface area contributed by atoms with Crippen LogP contribution in [0.5, 0.6) is 0 Å². The molecule has 21 heavy (non-hydrogen) atoms. The Kier molecular flexibility index (Phi) is 8.52. The maximum absolute atomic E-state index is 11.9. The molecule has 5 heteroatoms. The SMILES string of the molecule is CCCCCCCCNS(=O)(=O)CCc1cc(C)sc1C. The fourth-order valence-electron chi connectivity index (χ4n) is 2.38. The van der Waals surface area contributed by atoms with Gasteiger partial charge in [0.2, 0.25) is 10.0 Å². The fraction of sp³-hybridized carbons (Fsp3) is 0.750. The van der Waals surface area contributed by atoms with Crippen molar-refractivity contribution in [2.24, 2.45) is 0 Å². The molecule has 0 fully saturated rings. The van der Waals surface area contributed by atoms with Gasteiger partial charge in [0.15, 0.2) is 0 Å². The molecule has 0 aromatic carbocycles. The predicted octanol–water partition coefficient (Wildman–Crippen LogP) is 4.19. The van der Waals surface area contributed by atoms with Crippen molar-refractivity contribution in [2.45, 2.75) is 65.7 Å². The summed E-state index contributed by atoms with van der Waals surface area (Å²) < 4.78 is 26.6. The monoisotopic (exact) mass is 331 g/mol. The lowest BCUT2D eigenvalue weighted by Crippen LogP contribution is -2.28. The zero-order chi connectivity index (χ0) is 15.7. The Bertz CT molecular complexity index is 506. The van der Waals surface area contributed by atoms with Gasteiger partial charge < -0.3 is 0 Å². The Hall–Kier alpha value is -0.390. The standard InChI is InChI=1S/C16H29NO2S2/c1-4-5-6-7-8-9-11-17-21(18,19)12-10-16-13-14(2)20-15(16)3/h13,17H,4-12H2,1-3H3. The van der Waals surface area contributed by atoms with Crippen molar-refractivity contribution in [3.05, 3.63) is 21.4 Å². The van der Waals surface area contributed by atoms with Gasteiger partial charge in [-0.2, -0.15) is 0 Å². The molecular formula is C16H29NO2S2. The van der Waals surface area contributed by atoms with Gasteiger partial charge in [-0.05, 0) is 38.3 Å². The maximum Gasteiger partial charge on any atom is 0.211 e. The van der Waals surface area contributed by atoms with Gasteiger partial charge in [-0.1, -0.05) is 39.0 Å². The number of thiophene rings is 1. The molecule has 122 valence electrons. The summed E-state index contributed by atoms with van der Waals surface area (Å²) in [7, 11) is -3.13. The molecule has 0 spiro atoms. The van der Waals surface area contributed by atoms with Crippen LogP contribution in [0.1, 0.15) is 60.8 Å². The summed E-state index contributed by atoms with van der Waals surface area (Å²) in [4.78, 5) is 2.48. The molecule has 0 radical (unpaired) electrons. The summed E-state index contributed by atoms with van der Waals surface area (Å²) in [6.45, 7) is 6.90. The van der Waals surface area contributed by atoms with E-state index in [1.165, 1.54) is 41.0 Å². The van der Waals surface area contributed by atoms with Gasteiger partial charge >= 0.3 is 0 Å². The molecule has 0 atom stereocenters. The third kappa shape index (κ3) is 7.98. The lowest BCUT2D eigenvalue weighted by Gasteiger charge is -2.06. The molecule has 0 saturated carbocycles. The molecule has 0 aliphatic carbocycles. The second-order valence-electron chi connectivity index (χ2n) is 5.67. The van der Waals surface area contributed by atoms with Crippen molar-refractivity contribution in [1.29, 1.82) is 0 Å². The second-order valence-corrected chi connectivity index (χ2v) is 9.06. The third-order valence-electron chi connectivity index (χ3n) is 3.64. The Morgan fingerprint density at radius 3 is 2.38 bits per heavy atom. The summed E-state index contributed by atoms with van der Waals surface area (Å²) in [5.41, 5.74) is 1.17. The predicted molar refractivity (Wildman–Crippen MR) is 92.7 cm³/mol. The van der Waals surface area contributed by atoms with Crippen LogP contribution in [0.2, 0.25) is 0 Å². The van der Waals surface area contributed by atoms with Crippen LogP contribution in [0.4, 0.5) is 0 Å². The van der Waals surface area contributed by atoms with Gasteiger partial charge in [0, 0.05) is 16.3 Å². The lowest BCUT2D eigenvalue weighted by molar-refractivity contribution is 0.567. The minimum absolute atomic E-state index is 0.194. The average molecular weight is 332 g/mol. The molecule has 0 aliphatic heterocycles. The van der Waals surface area contributed by atoms with Crippen LogP contribution in [0.15, 0.2) is 6.07 Å². The quantitative estimate of drug-likeness (QED) is 0.618. The Labute approximate surface area is 134 Å². The van der Waals surface area contributed by atoms with Crippen LogP contribution < -0.4 is 4.72 Å². The number of unbranched alkanes of at least 4 members (excludes halogenated alkanes) is 5. The van der Waals surface area contributed by atoms with Crippen LogP contribution >= 0.6 is 11.3 Å². The Morgan fingerprint density at radius 2 is 1.76 bits per heavy atom. The normalized spacial score (nSPS) is 12.0. The van der Waals surface area contributed by atoms with Crippen LogP contribution in [0.3, 0.4) is 0 Å². The van der Waals surface area contributed by atoms with E-state index in [1.54, 1.807) is 11.3 Å². The van der Waals surface area contributed by atoms with E-state index in [0.717, 1.165) is 12.8 Å². The summed E-state index contributed by atoms with van der Waals surface area (Å²) in [5, 5.41) is 0. The molecular weight excluding hydrogens is 302 g/mol. The second kappa shape index (κ2) is 9.59. The zero-order valence-electron chi connectivity index (χ0n) is 13.6. The summed E-state index contributed by atoms with van der Waals surface area (Å²) in [5.74, 6) is 0.194. The highest BCUT2D eigenvalue weighted by molar-refractivity contribution is 7.89. The van der Waals surface area contributed by atoms with E-state index in [9.17, 15) is 8.42 Å². The molecule has 0 bridgehead atoms. The van der Waals surface area contributed by atoms with Crippen LogP contribution in [0, 0.1) is 13.8 Å². The summed E-state index contributed by atoms with van der Waals surface area (Å²) in [6, 6.07) is 2.10. The van der Waals surface area contributed by atoms with Crippen molar-refractivity contribution >= 4 is 21.4 Å². The summed E-state index contributed by atoms with van der Waals surface area (Å²) in [6.07, 6.45) is 7.68. The van der Waals surface area contributed by atoms with Crippen molar-refractivity contribution in [3.63, 3.8) is 0 Å². The molecule has 1 aromatic rings. The van der Waals surface area contributed by atoms with Gasteiger partial charge in [0.1, 0.15) is 0 Å². The molecule has 0 aliphatic rings. The molecule has 0 amide bonds. The number of aryl methyl sites for hydroxylation is 3. The molecule has 1 heterocycles. The minimum atomic E-state index is -3.13. The van der Waals surface area contributed by atoms with Gasteiger partial charge in [-0.15, -0.1) is 11.3 Å². The van der Waals surface area contributed by atoms with Gasteiger partial charge in [0.05, 0.1) is 5.75 Å². The number of hydrogen-bond donors (Lipinski definition) is 1.